The van der Waals surface area contributed by atoms with E-state index < -0.39 is 6.10 Å². The molecule has 0 saturated carbocycles. The third-order valence-electron chi connectivity index (χ3n) is 3.27. The molecule has 0 amide bonds. The molecule has 0 radical (unpaired) electrons. The monoisotopic (exact) mass is 260 g/mol. The van der Waals surface area contributed by atoms with Gasteiger partial charge in [0, 0.05) is 25.0 Å². The van der Waals surface area contributed by atoms with Gasteiger partial charge in [-0.15, -0.1) is 0 Å². The van der Waals surface area contributed by atoms with Gasteiger partial charge < -0.3 is 5.11 Å². The van der Waals surface area contributed by atoms with Gasteiger partial charge in [-0.25, -0.2) is 9.97 Å². The van der Waals surface area contributed by atoms with Gasteiger partial charge >= 0.3 is 0 Å². The van der Waals surface area contributed by atoms with Gasteiger partial charge in [-0.05, 0) is 25.0 Å². The molecule has 0 spiro atoms. The fourth-order valence-electron chi connectivity index (χ4n) is 2.12. The molecule has 0 saturated heterocycles. The Kier molecular flexibility index (Phi) is 4.63. The second-order valence-electron chi connectivity index (χ2n) is 4.58. The Morgan fingerprint density at radius 3 is 2.53 bits per heavy atom. The van der Waals surface area contributed by atoms with Gasteiger partial charge in [0.2, 0.25) is 0 Å². The van der Waals surface area contributed by atoms with Crippen molar-refractivity contribution in [1.82, 2.24) is 19.7 Å². The van der Waals surface area contributed by atoms with Crippen molar-refractivity contribution in [3.05, 3.63) is 42.2 Å². The van der Waals surface area contributed by atoms with Gasteiger partial charge in [-0.1, -0.05) is 13.8 Å². The average Bonchev–Trinajstić information content (AvgIpc) is 2.89. The summed E-state index contributed by atoms with van der Waals surface area (Å²) in [5.41, 5.74) is 0.867. The molecule has 0 aliphatic carbocycles. The van der Waals surface area contributed by atoms with Gasteiger partial charge in [0.1, 0.15) is 6.10 Å². The molecule has 2 rings (SSSR count). The van der Waals surface area contributed by atoms with Crippen LogP contribution < -0.4 is 0 Å². The Hall–Kier alpha value is -1.75. The zero-order chi connectivity index (χ0) is 13.7. The molecular weight excluding hydrogens is 240 g/mol. The van der Waals surface area contributed by atoms with E-state index in [1.165, 1.54) is 0 Å². The zero-order valence-electron chi connectivity index (χ0n) is 11.4. The molecule has 0 aliphatic heterocycles. The van der Waals surface area contributed by atoms with E-state index in [1.807, 2.05) is 16.9 Å². The smallest absolute Gasteiger partial charge is 0.157 e. The van der Waals surface area contributed by atoms with Crippen molar-refractivity contribution in [1.29, 1.82) is 0 Å². The van der Waals surface area contributed by atoms with E-state index >= 15 is 0 Å². The van der Waals surface area contributed by atoms with E-state index in [-0.39, 0.29) is 0 Å². The van der Waals surface area contributed by atoms with Gasteiger partial charge in [0.25, 0.3) is 0 Å². The van der Waals surface area contributed by atoms with Crippen LogP contribution in [-0.4, -0.2) is 24.9 Å². The largest absolute Gasteiger partial charge is 0.385 e. The van der Waals surface area contributed by atoms with Crippen LogP contribution in [0, 0.1) is 0 Å². The predicted molar refractivity (Wildman–Crippen MR) is 72.5 cm³/mol. The van der Waals surface area contributed by atoms with Crippen LogP contribution in [0.3, 0.4) is 0 Å². The highest BCUT2D eigenvalue weighted by atomic mass is 16.3. The molecule has 1 atom stereocenters. The van der Waals surface area contributed by atoms with Crippen molar-refractivity contribution >= 4 is 0 Å². The second-order valence-corrected chi connectivity index (χ2v) is 4.58. The van der Waals surface area contributed by atoms with Crippen molar-refractivity contribution in [3.8, 4) is 0 Å². The molecular formula is C14H20N4O. The highest BCUT2D eigenvalue weighted by Crippen LogP contribution is 2.17. The van der Waals surface area contributed by atoms with Crippen LogP contribution in [0.1, 0.15) is 50.4 Å². The number of hydrogen-bond donors (Lipinski definition) is 1. The number of aromatic nitrogens is 4. The van der Waals surface area contributed by atoms with Crippen molar-refractivity contribution in [3.63, 3.8) is 0 Å². The van der Waals surface area contributed by atoms with Crippen LogP contribution in [-0.2, 0) is 6.42 Å². The first-order chi connectivity index (χ1) is 9.24. The van der Waals surface area contributed by atoms with Crippen LogP contribution in [0.5, 0.6) is 0 Å². The SMILES string of the molecule is CCC(CC)n1ccc(CC(O)c2ncccn2)n1. The molecule has 1 N–H and O–H groups in total. The van der Waals surface area contributed by atoms with Crippen LogP contribution >= 0.6 is 0 Å². The molecule has 0 fully saturated rings. The maximum absolute atomic E-state index is 10.1. The molecule has 2 aromatic rings. The van der Waals surface area contributed by atoms with Crippen molar-refractivity contribution in [2.45, 2.75) is 45.3 Å². The summed E-state index contributed by atoms with van der Waals surface area (Å²) in [5.74, 6) is 0.444. The first-order valence-corrected chi connectivity index (χ1v) is 6.73. The summed E-state index contributed by atoms with van der Waals surface area (Å²) in [6, 6.07) is 4.11. The Bertz CT molecular complexity index is 493. The van der Waals surface area contributed by atoms with Crippen LogP contribution in [0.15, 0.2) is 30.7 Å². The third-order valence-corrected chi connectivity index (χ3v) is 3.27. The van der Waals surface area contributed by atoms with Gasteiger partial charge in [-0.2, -0.15) is 5.10 Å². The summed E-state index contributed by atoms with van der Waals surface area (Å²) in [6.07, 6.45) is 7.10. The lowest BCUT2D eigenvalue weighted by Gasteiger charge is -2.12. The Balaban J connectivity index is 2.04. The van der Waals surface area contributed by atoms with E-state index in [2.05, 4.69) is 28.9 Å². The van der Waals surface area contributed by atoms with E-state index in [4.69, 9.17) is 0 Å². The van der Waals surface area contributed by atoms with Crippen LogP contribution in [0.4, 0.5) is 0 Å². The maximum atomic E-state index is 10.1. The quantitative estimate of drug-likeness (QED) is 0.865. The molecule has 1 unspecified atom stereocenters. The molecule has 0 bridgehead atoms. The van der Waals surface area contributed by atoms with Crippen molar-refractivity contribution < 1.29 is 5.11 Å². The normalized spacial score (nSPS) is 12.8. The summed E-state index contributed by atoms with van der Waals surface area (Å²) in [7, 11) is 0. The van der Waals surface area contributed by atoms with Crippen LogP contribution in [0.25, 0.3) is 0 Å². The molecule has 2 aromatic heterocycles. The first kappa shape index (κ1) is 13.7. The summed E-state index contributed by atoms with van der Waals surface area (Å²) in [4.78, 5) is 8.11. The molecule has 0 aromatic carbocycles. The Morgan fingerprint density at radius 2 is 1.89 bits per heavy atom. The number of aliphatic hydroxyl groups is 1. The third kappa shape index (κ3) is 3.38. The van der Waals surface area contributed by atoms with Crippen molar-refractivity contribution in [2.75, 3.05) is 0 Å². The van der Waals surface area contributed by atoms with Crippen LogP contribution in [0.2, 0.25) is 0 Å². The molecule has 102 valence electrons. The molecule has 19 heavy (non-hydrogen) atoms. The topological polar surface area (TPSA) is 63.8 Å². The van der Waals surface area contributed by atoms with Crippen molar-refractivity contribution in [2.24, 2.45) is 0 Å². The van der Waals surface area contributed by atoms with Gasteiger partial charge in [0.15, 0.2) is 5.82 Å². The number of hydrogen-bond acceptors (Lipinski definition) is 4. The Labute approximate surface area is 113 Å². The standard InChI is InChI=1S/C14H20N4O/c1-3-12(4-2)18-9-6-11(17-18)10-13(19)14-15-7-5-8-16-14/h5-9,12-13,19H,3-4,10H2,1-2H3. The van der Waals surface area contributed by atoms with E-state index in [9.17, 15) is 5.11 Å². The lowest BCUT2D eigenvalue weighted by Crippen LogP contribution is -2.10. The lowest BCUT2D eigenvalue weighted by molar-refractivity contribution is 0.166. The fourth-order valence-corrected chi connectivity index (χ4v) is 2.12. The Morgan fingerprint density at radius 1 is 1.21 bits per heavy atom. The summed E-state index contributed by atoms with van der Waals surface area (Å²) in [5, 5.41) is 14.6. The average molecular weight is 260 g/mol. The van der Waals surface area contributed by atoms with Gasteiger partial charge in [-0.3, -0.25) is 4.68 Å². The number of nitrogens with zero attached hydrogens (tertiary/aromatic N) is 4. The molecule has 2 heterocycles. The zero-order valence-corrected chi connectivity index (χ0v) is 11.4. The molecule has 5 nitrogen and oxygen atoms in total. The molecule has 0 aliphatic rings. The van der Waals surface area contributed by atoms with E-state index in [0.717, 1.165) is 18.5 Å². The summed E-state index contributed by atoms with van der Waals surface area (Å²) in [6.45, 7) is 4.31. The highest BCUT2D eigenvalue weighted by molar-refractivity contribution is 5.05. The fraction of sp³-hybridized carbons (Fsp3) is 0.500. The summed E-state index contributed by atoms with van der Waals surface area (Å²) < 4.78 is 1.98. The number of rotatable bonds is 6. The minimum absolute atomic E-state index is 0.430. The summed E-state index contributed by atoms with van der Waals surface area (Å²) >= 11 is 0. The molecule has 5 heteroatoms. The van der Waals surface area contributed by atoms with Gasteiger partial charge in [0.05, 0.1) is 11.7 Å². The predicted octanol–water partition coefficient (Wildman–Crippen LogP) is 2.31. The maximum Gasteiger partial charge on any atom is 0.157 e. The second kappa shape index (κ2) is 6.43. The first-order valence-electron chi connectivity index (χ1n) is 6.73. The number of aliphatic hydroxyl groups excluding tert-OH is 1. The minimum atomic E-state index is -0.703. The van der Waals surface area contributed by atoms with E-state index in [1.54, 1.807) is 18.5 Å². The lowest BCUT2D eigenvalue weighted by atomic mass is 10.2. The highest BCUT2D eigenvalue weighted by Gasteiger charge is 2.14. The van der Waals surface area contributed by atoms with E-state index in [0.29, 0.717) is 18.3 Å². The minimum Gasteiger partial charge on any atom is -0.385 e.